The standard InChI is InChI=1S/C13H15F11O2/c1-5-9(4,13(22,23)24)7(25)26-8(2,3)11(18,19)12(20,21)10(16,17)6(14)15/h6H,5H2,1-4H3. The minimum atomic E-state index is -6.74. The third-order valence-corrected chi connectivity index (χ3v) is 3.97. The molecule has 0 saturated heterocycles. The summed E-state index contributed by atoms with van der Waals surface area (Å²) in [5.41, 5.74) is -7.39. The Bertz CT molecular complexity index is 525. The van der Waals surface area contributed by atoms with E-state index in [9.17, 15) is 53.1 Å². The lowest BCUT2D eigenvalue weighted by Crippen LogP contribution is -2.66. The smallest absolute Gasteiger partial charge is 0.404 e. The molecule has 0 aromatic rings. The number of halogens is 11. The summed E-state index contributed by atoms with van der Waals surface area (Å²) in [5.74, 6) is -21.9. The number of hydrogen-bond donors (Lipinski definition) is 0. The fourth-order valence-corrected chi connectivity index (χ4v) is 1.59. The minimum absolute atomic E-state index is 0.0905. The van der Waals surface area contributed by atoms with E-state index in [0.717, 1.165) is 6.92 Å². The molecular formula is C13H15F11O2. The molecule has 0 radical (unpaired) electrons. The van der Waals surface area contributed by atoms with Crippen molar-refractivity contribution in [2.45, 2.75) is 70.1 Å². The first kappa shape index (κ1) is 24.7. The van der Waals surface area contributed by atoms with Crippen LogP contribution in [-0.2, 0) is 9.53 Å². The fraction of sp³-hybridized carbons (Fsp3) is 0.923. The zero-order chi connectivity index (χ0) is 21.6. The molecule has 26 heavy (non-hydrogen) atoms. The Kier molecular flexibility index (Phi) is 6.36. The quantitative estimate of drug-likeness (QED) is 0.410. The highest BCUT2D eigenvalue weighted by molar-refractivity contribution is 5.77. The van der Waals surface area contributed by atoms with E-state index in [2.05, 4.69) is 4.74 Å². The van der Waals surface area contributed by atoms with Gasteiger partial charge in [0, 0.05) is 0 Å². The molecule has 0 spiro atoms. The molecule has 0 aliphatic rings. The number of esters is 1. The highest BCUT2D eigenvalue weighted by Gasteiger charge is 2.80. The van der Waals surface area contributed by atoms with Crippen molar-refractivity contribution in [1.82, 2.24) is 0 Å². The van der Waals surface area contributed by atoms with Crippen LogP contribution in [0.15, 0.2) is 0 Å². The Morgan fingerprint density at radius 1 is 0.846 bits per heavy atom. The molecule has 0 aromatic heterocycles. The summed E-state index contributed by atoms with van der Waals surface area (Å²) in [6.45, 7) is 0.842. The van der Waals surface area contributed by atoms with Gasteiger partial charge in [0.15, 0.2) is 11.0 Å². The molecule has 1 atom stereocenters. The van der Waals surface area contributed by atoms with Crippen molar-refractivity contribution < 1.29 is 57.8 Å². The summed E-state index contributed by atoms with van der Waals surface area (Å²) in [4.78, 5) is 11.7. The Morgan fingerprint density at radius 3 is 1.50 bits per heavy atom. The molecule has 0 amide bonds. The minimum Gasteiger partial charge on any atom is -0.452 e. The number of hydrogen-bond acceptors (Lipinski definition) is 2. The van der Waals surface area contributed by atoms with Gasteiger partial charge in [-0.25, -0.2) is 8.78 Å². The van der Waals surface area contributed by atoms with Crippen LogP contribution >= 0.6 is 0 Å². The van der Waals surface area contributed by atoms with Crippen molar-refractivity contribution in [3.63, 3.8) is 0 Å². The summed E-state index contributed by atoms with van der Waals surface area (Å²) in [6.07, 6.45) is -11.6. The Labute approximate surface area is 140 Å². The fourth-order valence-electron chi connectivity index (χ4n) is 1.59. The number of carbonyl (C=O) groups is 1. The van der Waals surface area contributed by atoms with Crippen molar-refractivity contribution >= 4 is 5.97 Å². The molecule has 1 unspecified atom stereocenters. The second-order valence-electron chi connectivity index (χ2n) is 6.16. The van der Waals surface area contributed by atoms with Gasteiger partial charge in [0.2, 0.25) is 0 Å². The van der Waals surface area contributed by atoms with Gasteiger partial charge >= 0.3 is 36.3 Å². The Balaban J connectivity index is 5.99. The molecule has 0 aliphatic heterocycles. The third kappa shape index (κ3) is 3.57. The average Bonchev–Trinajstić information content (AvgIpc) is 2.43. The van der Waals surface area contributed by atoms with Crippen LogP contribution in [0, 0.1) is 5.41 Å². The monoisotopic (exact) mass is 412 g/mol. The number of rotatable bonds is 7. The molecule has 0 saturated carbocycles. The first-order valence-electron chi connectivity index (χ1n) is 6.85. The van der Waals surface area contributed by atoms with E-state index in [1.165, 1.54) is 0 Å². The van der Waals surface area contributed by atoms with Crippen molar-refractivity contribution in [2.24, 2.45) is 5.41 Å². The van der Waals surface area contributed by atoms with Gasteiger partial charge in [-0.15, -0.1) is 0 Å². The van der Waals surface area contributed by atoms with E-state index in [1.807, 2.05) is 0 Å². The molecule has 0 rings (SSSR count). The maximum Gasteiger partial charge on any atom is 0.404 e. The van der Waals surface area contributed by atoms with Gasteiger partial charge in [0.05, 0.1) is 0 Å². The van der Waals surface area contributed by atoms with Crippen LogP contribution in [-0.4, -0.2) is 41.9 Å². The van der Waals surface area contributed by atoms with Gasteiger partial charge in [-0.1, -0.05) is 6.92 Å². The van der Waals surface area contributed by atoms with Gasteiger partial charge in [0.25, 0.3) is 0 Å². The zero-order valence-corrected chi connectivity index (χ0v) is 13.8. The number of carbonyl (C=O) groups excluding carboxylic acids is 1. The van der Waals surface area contributed by atoms with Gasteiger partial charge in [-0.05, 0) is 27.2 Å². The van der Waals surface area contributed by atoms with Gasteiger partial charge in [0.1, 0.15) is 0 Å². The van der Waals surface area contributed by atoms with Gasteiger partial charge in [-0.2, -0.15) is 39.5 Å². The third-order valence-electron chi connectivity index (χ3n) is 3.97. The number of ether oxygens (including phenoxy) is 1. The lowest BCUT2D eigenvalue weighted by molar-refractivity contribution is -0.372. The number of alkyl halides is 11. The molecule has 156 valence electrons. The van der Waals surface area contributed by atoms with Crippen molar-refractivity contribution in [3.8, 4) is 0 Å². The van der Waals surface area contributed by atoms with E-state index in [4.69, 9.17) is 0 Å². The van der Waals surface area contributed by atoms with Crippen LogP contribution in [0.5, 0.6) is 0 Å². The van der Waals surface area contributed by atoms with Crippen LogP contribution in [0.25, 0.3) is 0 Å². The van der Waals surface area contributed by atoms with Crippen LogP contribution in [0.4, 0.5) is 48.3 Å². The lowest BCUT2D eigenvalue weighted by Gasteiger charge is -2.42. The van der Waals surface area contributed by atoms with Crippen LogP contribution < -0.4 is 0 Å². The highest BCUT2D eigenvalue weighted by Crippen LogP contribution is 2.54. The van der Waals surface area contributed by atoms with Gasteiger partial charge in [-0.3, -0.25) is 4.79 Å². The first-order valence-corrected chi connectivity index (χ1v) is 6.85. The summed E-state index contributed by atoms with van der Waals surface area (Å²) < 4.78 is 147. The Hall–Kier alpha value is -1.30. The van der Waals surface area contributed by atoms with Crippen LogP contribution in [0.3, 0.4) is 0 Å². The van der Waals surface area contributed by atoms with Crippen LogP contribution in [0.1, 0.15) is 34.1 Å². The van der Waals surface area contributed by atoms with E-state index in [1.54, 1.807) is 0 Å². The SMILES string of the molecule is CCC(C)(C(=O)OC(C)(C)C(F)(F)C(F)(F)C(F)(F)C(F)F)C(F)(F)F. The second-order valence-corrected chi connectivity index (χ2v) is 6.16. The summed E-state index contributed by atoms with van der Waals surface area (Å²) >= 11 is 0. The largest absolute Gasteiger partial charge is 0.452 e. The molecule has 2 nitrogen and oxygen atoms in total. The molecule has 0 aromatic carbocycles. The van der Waals surface area contributed by atoms with E-state index in [0.29, 0.717) is 0 Å². The van der Waals surface area contributed by atoms with Crippen molar-refractivity contribution in [1.29, 1.82) is 0 Å². The first-order chi connectivity index (χ1) is 11.1. The zero-order valence-electron chi connectivity index (χ0n) is 13.8. The second kappa shape index (κ2) is 6.70. The molecule has 0 aliphatic carbocycles. The molecule has 0 fully saturated rings. The molecule has 13 heteroatoms. The van der Waals surface area contributed by atoms with Gasteiger partial charge < -0.3 is 4.74 Å². The average molecular weight is 412 g/mol. The topological polar surface area (TPSA) is 26.3 Å². The lowest BCUT2D eigenvalue weighted by atomic mass is 9.85. The predicted molar refractivity (Wildman–Crippen MR) is 65.5 cm³/mol. The summed E-state index contributed by atoms with van der Waals surface area (Å²) in [7, 11) is 0. The van der Waals surface area contributed by atoms with E-state index >= 15 is 0 Å². The maximum absolute atomic E-state index is 13.9. The van der Waals surface area contributed by atoms with Crippen molar-refractivity contribution in [3.05, 3.63) is 0 Å². The molecular weight excluding hydrogens is 397 g/mol. The maximum atomic E-state index is 13.9. The summed E-state index contributed by atoms with van der Waals surface area (Å²) in [6, 6.07) is 0. The molecule has 0 N–H and O–H groups in total. The summed E-state index contributed by atoms with van der Waals surface area (Å²) in [5, 5.41) is 0. The van der Waals surface area contributed by atoms with Crippen molar-refractivity contribution in [2.75, 3.05) is 0 Å². The Morgan fingerprint density at radius 2 is 1.23 bits per heavy atom. The van der Waals surface area contributed by atoms with Crippen LogP contribution in [0.2, 0.25) is 0 Å². The van der Waals surface area contributed by atoms with E-state index in [-0.39, 0.29) is 20.8 Å². The van der Waals surface area contributed by atoms with E-state index < -0.39 is 53.8 Å². The molecule has 0 heterocycles. The normalized spacial score (nSPS) is 17.2. The predicted octanol–water partition coefficient (Wildman–Crippen LogP) is 5.46. The highest BCUT2D eigenvalue weighted by atomic mass is 19.4. The molecule has 0 bridgehead atoms.